The van der Waals surface area contributed by atoms with Gasteiger partial charge in [0.15, 0.2) is 0 Å². The molecule has 234 valence electrons. The maximum Gasteiger partial charge on any atom is 0.255 e. The molecule has 46 heavy (non-hydrogen) atoms. The lowest BCUT2D eigenvalue weighted by Crippen LogP contribution is -2.21. The van der Waals surface area contributed by atoms with E-state index in [9.17, 15) is 26.4 Å². The van der Waals surface area contributed by atoms with Crippen molar-refractivity contribution in [3.8, 4) is 34.0 Å². The number of nitrogens with one attached hydrogen (secondary N) is 2. The molecular weight excluding hydrogens is 617 g/mol. The molecule has 2 N–H and O–H groups in total. The van der Waals surface area contributed by atoms with Gasteiger partial charge < -0.3 is 14.3 Å². The Morgan fingerprint density at radius 3 is 2.54 bits per heavy atom. The second-order valence-electron chi connectivity index (χ2n) is 11.1. The Bertz CT molecular complexity index is 2300. The first kappa shape index (κ1) is 29.6. The zero-order chi connectivity index (χ0) is 32.3. The van der Waals surface area contributed by atoms with Gasteiger partial charge in [-0.05, 0) is 73.5 Å². The molecule has 1 atom stereocenters. The highest BCUT2D eigenvalue weighted by Gasteiger charge is 2.30. The minimum absolute atomic E-state index is 0.161. The standard InChI is InChI=1S/C34H27F3N4O4S/c1-3-46(43,44)40-27-16-30-24(31(34(42)38-2)33(45-30)18-7-10-20(36)11-8-18)14-23(27)26-12-9-19-13-21(17-35)41-28-6-4-5-25(37)22(28)15-29(41)32(19)39-26/h4-12,14-16,21,40H,3,13,17H2,1-2H3,(H,38,42). The van der Waals surface area contributed by atoms with Crippen molar-refractivity contribution in [1.29, 1.82) is 0 Å². The minimum Gasteiger partial charge on any atom is -0.455 e. The normalized spacial score (nSPS) is 14.3. The molecule has 1 aliphatic heterocycles. The van der Waals surface area contributed by atoms with E-state index in [2.05, 4.69) is 10.0 Å². The van der Waals surface area contributed by atoms with Gasteiger partial charge in [-0.25, -0.2) is 26.6 Å². The third kappa shape index (κ3) is 4.80. The monoisotopic (exact) mass is 644 g/mol. The number of amides is 1. The number of sulfonamides is 1. The Morgan fingerprint density at radius 2 is 1.83 bits per heavy atom. The molecule has 12 heteroatoms. The number of fused-ring (bicyclic) bond motifs is 6. The lowest BCUT2D eigenvalue weighted by atomic mass is 9.96. The fourth-order valence-electron chi connectivity index (χ4n) is 6.12. The Morgan fingerprint density at radius 1 is 1.04 bits per heavy atom. The van der Waals surface area contributed by atoms with Gasteiger partial charge in [0.05, 0.1) is 45.6 Å². The third-order valence-corrected chi connectivity index (χ3v) is 9.65. The van der Waals surface area contributed by atoms with Crippen LogP contribution in [0.25, 0.3) is 55.8 Å². The number of carbonyl (C=O) groups is 1. The zero-order valence-corrected chi connectivity index (χ0v) is 25.5. The molecule has 0 saturated heterocycles. The van der Waals surface area contributed by atoms with Crippen molar-refractivity contribution >= 4 is 43.5 Å². The predicted molar refractivity (Wildman–Crippen MR) is 171 cm³/mol. The molecule has 1 unspecified atom stereocenters. The lowest BCUT2D eigenvalue weighted by molar-refractivity contribution is 0.0964. The minimum atomic E-state index is -3.78. The molecule has 4 heterocycles. The third-order valence-electron chi connectivity index (χ3n) is 8.36. The number of alkyl halides is 1. The summed E-state index contributed by atoms with van der Waals surface area (Å²) >= 11 is 0. The van der Waals surface area contributed by atoms with Gasteiger partial charge in [0.1, 0.15) is 29.7 Å². The molecule has 6 aromatic rings. The number of nitrogens with zero attached hydrogens (tertiary/aromatic N) is 2. The molecule has 0 aliphatic carbocycles. The summed E-state index contributed by atoms with van der Waals surface area (Å²) in [5, 5.41) is 3.34. The summed E-state index contributed by atoms with van der Waals surface area (Å²) in [5.41, 5.74) is 4.06. The summed E-state index contributed by atoms with van der Waals surface area (Å²) in [4.78, 5) is 18.2. The highest BCUT2D eigenvalue weighted by Crippen LogP contribution is 2.43. The number of furan rings is 1. The van der Waals surface area contributed by atoms with E-state index in [-0.39, 0.29) is 28.3 Å². The fraction of sp³-hybridized carbons (Fsp3) is 0.176. The molecule has 1 aliphatic rings. The predicted octanol–water partition coefficient (Wildman–Crippen LogP) is 7.25. The van der Waals surface area contributed by atoms with Crippen LogP contribution in [0.2, 0.25) is 0 Å². The van der Waals surface area contributed by atoms with Gasteiger partial charge >= 0.3 is 0 Å². The number of anilines is 1. The number of pyridine rings is 1. The summed E-state index contributed by atoms with van der Waals surface area (Å²) in [6.45, 7) is 0.841. The topological polar surface area (TPSA) is 106 Å². The molecule has 3 aromatic carbocycles. The van der Waals surface area contributed by atoms with Crippen molar-refractivity contribution in [2.45, 2.75) is 19.4 Å². The first-order valence-electron chi connectivity index (χ1n) is 14.6. The van der Waals surface area contributed by atoms with Crippen LogP contribution in [-0.4, -0.2) is 43.4 Å². The molecule has 0 radical (unpaired) electrons. The van der Waals surface area contributed by atoms with Gasteiger partial charge in [0.2, 0.25) is 10.0 Å². The first-order chi connectivity index (χ1) is 22.1. The molecule has 0 fully saturated rings. The second-order valence-corrected chi connectivity index (χ2v) is 13.1. The Balaban J connectivity index is 1.48. The molecule has 7 rings (SSSR count). The van der Waals surface area contributed by atoms with Crippen LogP contribution in [0, 0.1) is 11.6 Å². The number of aromatic nitrogens is 2. The van der Waals surface area contributed by atoms with E-state index in [1.807, 2.05) is 0 Å². The number of benzene rings is 3. The van der Waals surface area contributed by atoms with E-state index < -0.39 is 40.3 Å². The summed E-state index contributed by atoms with van der Waals surface area (Å²) < 4.78 is 79.0. The van der Waals surface area contributed by atoms with E-state index in [0.717, 1.165) is 5.56 Å². The number of hydrogen-bond acceptors (Lipinski definition) is 5. The van der Waals surface area contributed by atoms with Gasteiger partial charge in [-0.3, -0.25) is 9.52 Å². The average Bonchev–Trinajstić information content (AvgIpc) is 3.63. The van der Waals surface area contributed by atoms with Crippen LogP contribution in [0.15, 0.2) is 77.2 Å². The number of carbonyl (C=O) groups excluding carboxylic acids is 1. The molecule has 8 nitrogen and oxygen atoms in total. The van der Waals surface area contributed by atoms with Crippen molar-refractivity contribution in [1.82, 2.24) is 14.9 Å². The summed E-state index contributed by atoms with van der Waals surface area (Å²) in [5.74, 6) is -1.39. The van der Waals surface area contributed by atoms with Crippen molar-refractivity contribution < 1.29 is 30.8 Å². The SMILES string of the molecule is CCS(=O)(=O)Nc1cc2oc(-c3ccc(F)cc3)c(C(=O)NC)c2cc1-c1ccc2c(n1)-c1cc3c(F)cccc3n1C(CF)C2. The van der Waals surface area contributed by atoms with Crippen molar-refractivity contribution in [2.24, 2.45) is 0 Å². The van der Waals surface area contributed by atoms with Crippen LogP contribution in [0.5, 0.6) is 0 Å². The quantitative estimate of drug-likeness (QED) is 0.191. The Labute approximate surface area is 261 Å². The van der Waals surface area contributed by atoms with Crippen molar-refractivity contribution in [3.63, 3.8) is 0 Å². The van der Waals surface area contributed by atoms with Crippen molar-refractivity contribution in [3.05, 3.63) is 95.6 Å². The van der Waals surface area contributed by atoms with Crippen LogP contribution < -0.4 is 10.0 Å². The summed E-state index contributed by atoms with van der Waals surface area (Å²) in [6, 6.07) is 17.9. The van der Waals surface area contributed by atoms with Gasteiger partial charge in [0.25, 0.3) is 5.91 Å². The van der Waals surface area contributed by atoms with Crippen LogP contribution in [0.4, 0.5) is 18.9 Å². The smallest absolute Gasteiger partial charge is 0.255 e. The van der Waals surface area contributed by atoms with E-state index in [1.165, 1.54) is 50.4 Å². The number of halogens is 3. The number of rotatable bonds is 7. The first-order valence-corrected chi connectivity index (χ1v) is 16.2. The van der Waals surface area contributed by atoms with Gasteiger partial charge in [0, 0.05) is 35.0 Å². The Hall–Kier alpha value is -5.10. The molecule has 0 spiro atoms. The zero-order valence-electron chi connectivity index (χ0n) is 24.7. The summed E-state index contributed by atoms with van der Waals surface area (Å²) in [6.07, 6.45) is 0.324. The second kappa shape index (κ2) is 11.1. The van der Waals surface area contributed by atoms with Crippen LogP contribution in [-0.2, 0) is 16.4 Å². The van der Waals surface area contributed by atoms with Crippen molar-refractivity contribution in [2.75, 3.05) is 24.2 Å². The lowest BCUT2D eigenvalue weighted by Gasteiger charge is -2.27. The van der Waals surface area contributed by atoms with Gasteiger partial charge in [-0.15, -0.1) is 0 Å². The molecular formula is C34H27F3N4O4S. The molecule has 0 bridgehead atoms. The highest BCUT2D eigenvalue weighted by atomic mass is 32.2. The van der Waals surface area contributed by atoms with Crippen LogP contribution >= 0.6 is 0 Å². The average molecular weight is 645 g/mol. The van der Waals surface area contributed by atoms with E-state index in [1.54, 1.807) is 41.0 Å². The number of hydrogen-bond donors (Lipinski definition) is 2. The maximum atomic E-state index is 14.8. The molecule has 0 saturated carbocycles. The van der Waals surface area contributed by atoms with Gasteiger partial charge in [-0.1, -0.05) is 12.1 Å². The van der Waals surface area contributed by atoms with E-state index in [4.69, 9.17) is 9.40 Å². The largest absolute Gasteiger partial charge is 0.455 e. The molecule has 1 amide bonds. The maximum absolute atomic E-state index is 14.8. The van der Waals surface area contributed by atoms with Gasteiger partial charge in [-0.2, -0.15) is 0 Å². The fourth-order valence-corrected chi connectivity index (χ4v) is 6.77. The van der Waals surface area contributed by atoms with Crippen LogP contribution in [0.3, 0.4) is 0 Å². The van der Waals surface area contributed by atoms with E-state index in [0.29, 0.717) is 50.9 Å². The molecule has 3 aromatic heterocycles. The Kier molecular flexibility index (Phi) is 7.11. The highest BCUT2D eigenvalue weighted by molar-refractivity contribution is 7.92. The van der Waals surface area contributed by atoms with E-state index >= 15 is 0 Å². The summed E-state index contributed by atoms with van der Waals surface area (Å²) in [7, 11) is -2.31. The van der Waals surface area contributed by atoms with Crippen LogP contribution in [0.1, 0.15) is 28.9 Å².